The highest BCUT2D eigenvalue weighted by molar-refractivity contribution is 5.69. The van der Waals surface area contributed by atoms with Gasteiger partial charge >= 0.3 is 6.09 Å². The minimum Gasteiger partial charge on any atom is -0.444 e. The second-order valence-corrected chi connectivity index (χ2v) is 5.74. The first-order valence-corrected chi connectivity index (χ1v) is 5.99. The molecule has 0 aromatic carbocycles. The molecule has 0 N–H and O–H groups in total. The summed E-state index contributed by atoms with van der Waals surface area (Å²) < 4.78 is 7.46. The summed E-state index contributed by atoms with van der Waals surface area (Å²) in [5.41, 5.74) is 0.700. The van der Waals surface area contributed by atoms with Gasteiger partial charge in [-0.25, -0.2) is 4.79 Å². The Labute approximate surface area is 100 Å². The molecule has 2 unspecified atom stereocenters. The first-order chi connectivity index (χ1) is 7.96. The average Bonchev–Trinajstić information content (AvgIpc) is 2.87. The number of nitrogens with zero attached hydrogens (tertiary/aromatic N) is 3. The molecule has 1 fully saturated rings. The molecule has 0 spiro atoms. The molecular formula is C12H17N3O2. The van der Waals surface area contributed by atoms with E-state index in [1.165, 1.54) is 0 Å². The van der Waals surface area contributed by atoms with Crippen molar-refractivity contribution >= 4 is 6.09 Å². The van der Waals surface area contributed by atoms with Gasteiger partial charge in [-0.3, -0.25) is 9.58 Å². The number of amides is 1. The third-order valence-corrected chi connectivity index (χ3v) is 3.30. The molecule has 3 rings (SSSR count). The van der Waals surface area contributed by atoms with Crippen LogP contribution in [0.4, 0.5) is 4.79 Å². The Balaban J connectivity index is 1.79. The highest BCUT2D eigenvalue weighted by atomic mass is 16.6. The van der Waals surface area contributed by atoms with Crippen molar-refractivity contribution in [3.63, 3.8) is 0 Å². The Kier molecular flexibility index (Phi) is 2.03. The second kappa shape index (κ2) is 3.24. The van der Waals surface area contributed by atoms with Gasteiger partial charge in [-0.2, -0.15) is 5.10 Å². The molecule has 5 nitrogen and oxygen atoms in total. The number of ether oxygens (including phenoxy) is 1. The zero-order valence-corrected chi connectivity index (χ0v) is 10.4. The number of hydrogen-bond acceptors (Lipinski definition) is 3. The molecule has 17 heavy (non-hydrogen) atoms. The monoisotopic (exact) mass is 235 g/mol. The maximum atomic E-state index is 12.1. The van der Waals surface area contributed by atoms with Crippen molar-refractivity contribution in [1.29, 1.82) is 0 Å². The van der Waals surface area contributed by atoms with Crippen molar-refractivity contribution in [3.05, 3.63) is 18.0 Å². The molecular weight excluding hydrogens is 218 g/mol. The van der Waals surface area contributed by atoms with Crippen molar-refractivity contribution in [1.82, 2.24) is 14.7 Å². The molecule has 3 heterocycles. The predicted octanol–water partition coefficient (Wildman–Crippen LogP) is 2.12. The van der Waals surface area contributed by atoms with Crippen LogP contribution in [0.1, 0.15) is 45.0 Å². The SMILES string of the molecule is CC(C)(C)OC(=O)N1CC2CC1c1ccnn12. The highest BCUT2D eigenvalue weighted by Gasteiger charge is 2.46. The lowest BCUT2D eigenvalue weighted by atomic mass is 10.2. The zero-order valence-electron chi connectivity index (χ0n) is 10.4. The fraction of sp³-hybridized carbons (Fsp3) is 0.667. The Morgan fingerprint density at radius 2 is 2.29 bits per heavy atom. The van der Waals surface area contributed by atoms with Gasteiger partial charge in [0, 0.05) is 12.7 Å². The smallest absolute Gasteiger partial charge is 0.410 e. The first kappa shape index (κ1) is 10.6. The fourth-order valence-electron chi connectivity index (χ4n) is 2.69. The number of fused-ring (bicyclic) bond motifs is 5. The Bertz CT molecular complexity index is 461. The summed E-state index contributed by atoms with van der Waals surface area (Å²) in [4.78, 5) is 13.9. The minimum absolute atomic E-state index is 0.150. The predicted molar refractivity (Wildman–Crippen MR) is 61.6 cm³/mol. The summed E-state index contributed by atoms with van der Waals surface area (Å²) in [6, 6.07) is 2.47. The topological polar surface area (TPSA) is 47.4 Å². The van der Waals surface area contributed by atoms with E-state index in [0.29, 0.717) is 12.6 Å². The number of carbonyl (C=O) groups excluding carboxylic acids is 1. The number of carbonyl (C=O) groups is 1. The Morgan fingerprint density at radius 1 is 1.53 bits per heavy atom. The van der Waals surface area contributed by atoms with Crippen LogP contribution < -0.4 is 0 Å². The standard InChI is InChI=1S/C12H17N3O2/c1-12(2,3)17-11(16)14-7-8-6-10(14)9-4-5-13-15(8)9/h4-5,8,10H,6-7H2,1-3H3. The van der Waals surface area contributed by atoms with Crippen LogP contribution in [0.2, 0.25) is 0 Å². The van der Waals surface area contributed by atoms with E-state index < -0.39 is 5.60 Å². The van der Waals surface area contributed by atoms with E-state index in [1.807, 2.05) is 36.4 Å². The van der Waals surface area contributed by atoms with E-state index in [2.05, 4.69) is 5.10 Å². The van der Waals surface area contributed by atoms with Gasteiger partial charge in [0.1, 0.15) is 5.60 Å². The van der Waals surface area contributed by atoms with Crippen LogP contribution in [0.3, 0.4) is 0 Å². The van der Waals surface area contributed by atoms with E-state index in [-0.39, 0.29) is 12.1 Å². The van der Waals surface area contributed by atoms with Crippen LogP contribution in [0.5, 0.6) is 0 Å². The normalized spacial score (nSPS) is 26.2. The molecule has 1 amide bonds. The summed E-state index contributed by atoms with van der Waals surface area (Å²) in [6.45, 7) is 6.39. The van der Waals surface area contributed by atoms with Crippen LogP contribution in [0.25, 0.3) is 0 Å². The molecule has 1 aromatic heterocycles. The fourth-order valence-corrected chi connectivity index (χ4v) is 2.69. The molecule has 0 radical (unpaired) electrons. The molecule has 92 valence electrons. The van der Waals surface area contributed by atoms with Crippen molar-refractivity contribution in [2.75, 3.05) is 6.54 Å². The third kappa shape index (κ3) is 1.61. The van der Waals surface area contributed by atoms with Gasteiger partial charge in [-0.1, -0.05) is 0 Å². The molecule has 2 aliphatic heterocycles. The van der Waals surface area contributed by atoms with Crippen LogP contribution in [-0.4, -0.2) is 32.9 Å². The van der Waals surface area contributed by atoms with Crippen LogP contribution in [0, 0.1) is 0 Å². The van der Waals surface area contributed by atoms with Gasteiger partial charge in [0.25, 0.3) is 0 Å². The zero-order chi connectivity index (χ0) is 12.2. The lowest BCUT2D eigenvalue weighted by Crippen LogP contribution is -2.39. The number of rotatable bonds is 0. The third-order valence-electron chi connectivity index (χ3n) is 3.30. The highest BCUT2D eigenvalue weighted by Crippen LogP contribution is 2.45. The number of aromatic nitrogens is 2. The molecule has 0 saturated carbocycles. The first-order valence-electron chi connectivity index (χ1n) is 5.99. The van der Waals surface area contributed by atoms with E-state index in [9.17, 15) is 4.79 Å². The summed E-state index contributed by atoms with van der Waals surface area (Å²) >= 11 is 0. The Hall–Kier alpha value is -1.52. The lowest BCUT2D eigenvalue weighted by Gasteiger charge is -2.30. The summed E-state index contributed by atoms with van der Waals surface area (Å²) in [7, 11) is 0. The van der Waals surface area contributed by atoms with Crippen molar-refractivity contribution < 1.29 is 9.53 Å². The van der Waals surface area contributed by atoms with Gasteiger partial charge in [0.2, 0.25) is 0 Å². The van der Waals surface area contributed by atoms with Gasteiger partial charge in [-0.15, -0.1) is 0 Å². The van der Waals surface area contributed by atoms with Crippen molar-refractivity contribution in [3.8, 4) is 0 Å². The molecule has 2 aliphatic rings. The van der Waals surface area contributed by atoms with Crippen LogP contribution in [0.15, 0.2) is 12.3 Å². The molecule has 2 atom stereocenters. The van der Waals surface area contributed by atoms with E-state index in [4.69, 9.17) is 4.74 Å². The van der Waals surface area contributed by atoms with Crippen LogP contribution >= 0.6 is 0 Å². The lowest BCUT2D eigenvalue weighted by molar-refractivity contribution is 0.0197. The van der Waals surface area contributed by atoms with Crippen molar-refractivity contribution in [2.24, 2.45) is 0 Å². The maximum absolute atomic E-state index is 12.1. The Morgan fingerprint density at radius 3 is 3.00 bits per heavy atom. The minimum atomic E-state index is -0.431. The summed E-state index contributed by atoms with van der Waals surface area (Å²) in [5, 5.41) is 4.29. The van der Waals surface area contributed by atoms with Crippen LogP contribution in [-0.2, 0) is 4.74 Å². The van der Waals surface area contributed by atoms with Gasteiger partial charge in [0.15, 0.2) is 0 Å². The average molecular weight is 235 g/mol. The quantitative estimate of drug-likeness (QED) is 0.692. The van der Waals surface area contributed by atoms with E-state index in [0.717, 1.165) is 12.1 Å². The number of likely N-dealkylation sites (tertiary alicyclic amines) is 1. The summed E-state index contributed by atoms with van der Waals surface area (Å²) in [6.07, 6.45) is 2.56. The van der Waals surface area contributed by atoms with E-state index >= 15 is 0 Å². The van der Waals surface area contributed by atoms with Gasteiger partial charge in [-0.05, 0) is 33.3 Å². The molecule has 1 saturated heterocycles. The maximum Gasteiger partial charge on any atom is 0.410 e. The second-order valence-electron chi connectivity index (χ2n) is 5.74. The number of hydrogen-bond donors (Lipinski definition) is 0. The van der Waals surface area contributed by atoms with Gasteiger partial charge < -0.3 is 4.74 Å². The largest absolute Gasteiger partial charge is 0.444 e. The van der Waals surface area contributed by atoms with E-state index in [1.54, 1.807) is 6.20 Å². The molecule has 1 aromatic rings. The summed E-state index contributed by atoms with van der Waals surface area (Å²) in [5.74, 6) is 0. The van der Waals surface area contributed by atoms with Gasteiger partial charge in [0.05, 0.1) is 17.8 Å². The molecule has 5 heteroatoms. The molecule has 2 bridgehead atoms. The molecule has 0 aliphatic carbocycles. The van der Waals surface area contributed by atoms with Crippen molar-refractivity contribution in [2.45, 2.75) is 44.9 Å².